The van der Waals surface area contributed by atoms with Gasteiger partial charge in [0.05, 0.1) is 5.69 Å². The van der Waals surface area contributed by atoms with E-state index in [4.69, 9.17) is 21.7 Å². The molecular weight excluding hydrogens is 262 g/mol. The van der Waals surface area contributed by atoms with Crippen molar-refractivity contribution in [2.24, 2.45) is 0 Å². The summed E-state index contributed by atoms with van der Waals surface area (Å²) in [6, 6.07) is 5.88. The summed E-state index contributed by atoms with van der Waals surface area (Å²) in [5, 5.41) is 7.22. The molecule has 1 aliphatic carbocycles. The van der Waals surface area contributed by atoms with Crippen LogP contribution in [-0.4, -0.2) is 28.0 Å². The molecule has 0 saturated heterocycles. The van der Waals surface area contributed by atoms with Gasteiger partial charge in [-0.2, -0.15) is 5.10 Å². The number of aromatic nitrogens is 3. The van der Waals surface area contributed by atoms with Gasteiger partial charge in [-0.3, -0.25) is 9.67 Å². The number of nitrogens with zero attached hydrogens (tertiary/aromatic N) is 2. The highest BCUT2D eigenvalue weighted by molar-refractivity contribution is 7.71. The second-order valence-corrected chi connectivity index (χ2v) is 5.21. The van der Waals surface area contributed by atoms with Gasteiger partial charge in [0, 0.05) is 12.0 Å². The lowest BCUT2D eigenvalue weighted by molar-refractivity contribution is 0.171. The largest absolute Gasteiger partial charge is 0.486 e. The molecule has 6 heteroatoms. The van der Waals surface area contributed by atoms with E-state index < -0.39 is 0 Å². The van der Waals surface area contributed by atoms with Crippen LogP contribution in [0.15, 0.2) is 18.2 Å². The molecule has 1 N–H and O–H groups in total. The number of fused-ring (bicyclic) bond motifs is 1. The Bertz CT molecular complexity index is 687. The van der Waals surface area contributed by atoms with Gasteiger partial charge >= 0.3 is 0 Å². The van der Waals surface area contributed by atoms with Crippen LogP contribution < -0.4 is 9.47 Å². The molecule has 0 radical (unpaired) electrons. The summed E-state index contributed by atoms with van der Waals surface area (Å²) in [6.07, 6.45) is 2.37. The second kappa shape index (κ2) is 4.09. The summed E-state index contributed by atoms with van der Waals surface area (Å²) in [5.74, 6) is 3.11. The van der Waals surface area contributed by atoms with Gasteiger partial charge in [0.25, 0.3) is 0 Å². The van der Waals surface area contributed by atoms with Crippen molar-refractivity contribution in [3.05, 3.63) is 28.8 Å². The average molecular weight is 275 g/mol. The van der Waals surface area contributed by atoms with Crippen molar-refractivity contribution < 1.29 is 9.47 Å². The molecule has 5 nitrogen and oxygen atoms in total. The standard InChI is InChI=1S/C13H13N3O2S/c19-13-15-14-12(8-1-2-8)16(13)9-3-4-10-11(7-9)18-6-5-17-10/h3-4,7-8H,1-2,5-6H2,(H,15,19). The molecule has 98 valence electrons. The van der Waals surface area contributed by atoms with E-state index in [9.17, 15) is 0 Å². The van der Waals surface area contributed by atoms with Gasteiger partial charge in [0.1, 0.15) is 19.0 Å². The second-order valence-electron chi connectivity index (χ2n) is 4.82. The highest BCUT2D eigenvalue weighted by atomic mass is 32.1. The maximum Gasteiger partial charge on any atom is 0.199 e. The summed E-state index contributed by atoms with van der Waals surface area (Å²) >= 11 is 5.33. The Hall–Kier alpha value is -1.82. The molecule has 0 amide bonds. The first-order valence-corrected chi connectivity index (χ1v) is 6.81. The molecule has 1 fully saturated rings. The van der Waals surface area contributed by atoms with E-state index >= 15 is 0 Å². The minimum atomic E-state index is 0.529. The van der Waals surface area contributed by atoms with Crippen LogP contribution in [0, 0.1) is 4.77 Å². The third-order valence-electron chi connectivity index (χ3n) is 3.42. The van der Waals surface area contributed by atoms with Crippen LogP contribution in [0.25, 0.3) is 5.69 Å². The van der Waals surface area contributed by atoms with Gasteiger partial charge in [-0.25, -0.2) is 0 Å². The zero-order valence-corrected chi connectivity index (χ0v) is 11.1. The monoisotopic (exact) mass is 275 g/mol. The Labute approximate surface area is 115 Å². The van der Waals surface area contributed by atoms with Crippen molar-refractivity contribution in [3.8, 4) is 17.2 Å². The van der Waals surface area contributed by atoms with Crippen molar-refractivity contribution in [1.29, 1.82) is 0 Å². The fraction of sp³-hybridized carbons (Fsp3) is 0.385. The zero-order chi connectivity index (χ0) is 12.8. The fourth-order valence-corrected chi connectivity index (χ4v) is 2.59. The van der Waals surface area contributed by atoms with Gasteiger partial charge < -0.3 is 9.47 Å². The minimum Gasteiger partial charge on any atom is -0.486 e. The molecule has 1 aromatic carbocycles. The molecule has 2 heterocycles. The lowest BCUT2D eigenvalue weighted by Crippen LogP contribution is -2.15. The van der Waals surface area contributed by atoms with Crippen LogP contribution in [-0.2, 0) is 0 Å². The number of ether oxygens (including phenoxy) is 2. The Balaban J connectivity index is 1.84. The zero-order valence-electron chi connectivity index (χ0n) is 10.3. The van der Waals surface area contributed by atoms with Crippen molar-refractivity contribution in [1.82, 2.24) is 14.8 Å². The summed E-state index contributed by atoms with van der Waals surface area (Å²) in [7, 11) is 0. The first-order chi connectivity index (χ1) is 9.33. The van der Waals surface area contributed by atoms with Crippen molar-refractivity contribution >= 4 is 12.2 Å². The molecule has 1 aliphatic heterocycles. The van der Waals surface area contributed by atoms with Gasteiger partial charge in [-0.1, -0.05) is 0 Å². The Morgan fingerprint density at radius 3 is 2.79 bits per heavy atom. The maximum atomic E-state index is 5.62. The number of rotatable bonds is 2. The summed E-state index contributed by atoms with van der Waals surface area (Å²) in [5.41, 5.74) is 0.977. The molecule has 0 unspecified atom stereocenters. The highest BCUT2D eigenvalue weighted by Crippen LogP contribution is 2.40. The van der Waals surface area contributed by atoms with E-state index in [-0.39, 0.29) is 0 Å². The van der Waals surface area contributed by atoms with Crippen molar-refractivity contribution in [2.75, 3.05) is 13.2 Å². The van der Waals surface area contributed by atoms with E-state index in [1.165, 1.54) is 12.8 Å². The van der Waals surface area contributed by atoms with Gasteiger partial charge in [0.15, 0.2) is 16.3 Å². The normalized spacial score (nSPS) is 17.5. The van der Waals surface area contributed by atoms with E-state index in [2.05, 4.69) is 10.2 Å². The quantitative estimate of drug-likeness (QED) is 0.856. The lowest BCUT2D eigenvalue weighted by Gasteiger charge is -2.19. The maximum absolute atomic E-state index is 5.62. The van der Waals surface area contributed by atoms with Gasteiger partial charge in [-0.05, 0) is 37.2 Å². The molecule has 19 heavy (non-hydrogen) atoms. The van der Waals surface area contributed by atoms with Crippen LogP contribution >= 0.6 is 12.2 Å². The Morgan fingerprint density at radius 1 is 1.21 bits per heavy atom. The molecule has 0 atom stereocenters. The number of hydrogen-bond donors (Lipinski definition) is 1. The van der Waals surface area contributed by atoms with Crippen LogP contribution in [0.1, 0.15) is 24.6 Å². The summed E-state index contributed by atoms with van der Waals surface area (Å²) in [6.45, 7) is 1.19. The third kappa shape index (κ3) is 1.83. The average Bonchev–Trinajstić information content (AvgIpc) is 3.21. The molecule has 1 aromatic heterocycles. The van der Waals surface area contributed by atoms with E-state index in [0.29, 0.717) is 23.9 Å². The smallest absolute Gasteiger partial charge is 0.199 e. The Kier molecular flexibility index (Phi) is 2.38. The summed E-state index contributed by atoms with van der Waals surface area (Å²) < 4.78 is 13.8. The van der Waals surface area contributed by atoms with Crippen LogP contribution in [0.5, 0.6) is 11.5 Å². The summed E-state index contributed by atoms with van der Waals surface area (Å²) in [4.78, 5) is 0. The predicted molar refractivity (Wildman–Crippen MR) is 71.7 cm³/mol. The Morgan fingerprint density at radius 2 is 2.00 bits per heavy atom. The minimum absolute atomic E-state index is 0.529. The number of H-pyrrole nitrogens is 1. The molecule has 2 aromatic rings. The fourth-order valence-electron chi connectivity index (χ4n) is 2.35. The van der Waals surface area contributed by atoms with Gasteiger partial charge in [-0.15, -0.1) is 0 Å². The predicted octanol–water partition coefficient (Wildman–Crippen LogP) is 2.58. The molecule has 4 rings (SSSR count). The SMILES string of the molecule is S=c1[nH]nc(C2CC2)n1-c1ccc2c(c1)OCCO2. The molecule has 0 spiro atoms. The molecular formula is C13H13N3O2S. The van der Waals surface area contributed by atoms with Crippen LogP contribution in [0.2, 0.25) is 0 Å². The van der Waals surface area contributed by atoms with Crippen LogP contribution in [0.3, 0.4) is 0 Å². The molecule has 2 aliphatic rings. The number of benzene rings is 1. The van der Waals surface area contributed by atoms with Crippen LogP contribution in [0.4, 0.5) is 0 Å². The lowest BCUT2D eigenvalue weighted by atomic mass is 10.2. The number of aromatic amines is 1. The number of hydrogen-bond acceptors (Lipinski definition) is 4. The van der Waals surface area contributed by atoms with E-state index in [0.717, 1.165) is 23.0 Å². The van der Waals surface area contributed by atoms with E-state index in [1.54, 1.807) is 0 Å². The molecule has 1 saturated carbocycles. The highest BCUT2D eigenvalue weighted by Gasteiger charge is 2.29. The molecule has 0 bridgehead atoms. The first kappa shape index (κ1) is 11.0. The van der Waals surface area contributed by atoms with E-state index in [1.807, 2.05) is 22.8 Å². The van der Waals surface area contributed by atoms with Crippen molar-refractivity contribution in [2.45, 2.75) is 18.8 Å². The van der Waals surface area contributed by atoms with Crippen molar-refractivity contribution in [3.63, 3.8) is 0 Å². The first-order valence-electron chi connectivity index (χ1n) is 6.40. The van der Waals surface area contributed by atoms with Gasteiger partial charge in [0.2, 0.25) is 0 Å². The topological polar surface area (TPSA) is 52.1 Å². The third-order valence-corrected chi connectivity index (χ3v) is 3.70. The number of nitrogens with one attached hydrogen (secondary N) is 1.